The topological polar surface area (TPSA) is 96.4 Å². The first-order valence-electron chi connectivity index (χ1n) is 11.5. The van der Waals surface area contributed by atoms with Crippen LogP contribution in [0.1, 0.15) is 93.6 Å². The molecule has 1 aromatic heterocycles. The van der Waals surface area contributed by atoms with Gasteiger partial charge in [0.1, 0.15) is 5.75 Å². The predicted molar refractivity (Wildman–Crippen MR) is 132 cm³/mol. The van der Waals surface area contributed by atoms with Crippen LogP contribution < -0.4 is 5.73 Å². The number of nitrogens with zero attached hydrogens (tertiary/aromatic N) is 1. The lowest BCUT2D eigenvalue weighted by atomic mass is 9.78. The van der Waals surface area contributed by atoms with Crippen LogP contribution in [0.3, 0.4) is 0 Å². The van der Waals surface area contributed by atoms with Crippen LogP contribution >= 0.6 is 0 Å². The van der Waals surface area contributed by atoms with Gasteiger partial charge in [0, 0.05) is 23.5 Å². The number of aliphatic carboxylic acids is 1. The van der Waals surface area contributed by atoms with Crippen LogP contribution in [0, 0.1) is 13.8 Å². The average Bonchev–Trinajstić information content (AvgIpc) is 3.12. The molecular formula is C27H40N2O3. The van der Waals surface area contributed by atoms with E-state index in [1.807, 2.05) is 19.1 Å². The van der Waals surface area contributed by atoms with Gasteiger partial charge in [-0.25, -0.2) is 0 Å². The van der Waals surface area contributed by atoms with Crippen LogP contribution in [-0.2, 0) is 34.9 Å². The molecule has 0 radical (unpaired) electrons. The van der Waals surface area contributed by atoms with Crippen molar-refractivity contribution in [3.8, 4) is 5.75 Å². The molecule has 176 valence electrons. The summed E-state index contributed by atoms with van der Waals surface area (Å²) in [6, 6.07) is 3.88. The van der Waals surface area contributed by atoms with Gasteiger partial charge >= 0.3 is 5.97 Å². The molecule has 0 saturated heterocycles. The number of carboxylic acids is 1. The first kappa shape index (κ1) is 25.7. The summed E-state index contributed by atoms with van der Waals surface area (Å²) in [6.45, 7) is 16.4. The van der Waals surface area contributed by atoms with E-state index in [-0.39, 0.29) is 17.3 Å². The number of nitrogens with two attached hydrogens (primary N) is 1. The highest BCUT2D eigenvalue weighted by Gasteiger charge is 2.26. The Morgan fingerprint density at radius 3 is 2.03 bits per heavy atom. The van der Waals surface area contributed by atoms with Crippen LogP contribution in [0.4, 0.5) is 5.69 Å². The first-order valence-corrected chi connectivity index (χ1v) is 11.5. The van der Waals surface area contributed by atoms with Gasteiger partial charge in [0.05, 0.1) is 0 Å². The van der Waals surface area contributed by atoms with Gasteiger partial charge in [-0.3, -0.25) is 9.78 Å². The number of aryl methyl sites for hydroxylation is 3. The molecule has 0 spiro atoms. The number of rotatable bonds is 3. The van der Waals surface area contributed by atoms with E-state index in [1.165, 1.54) is 17.7 Å². The number of pyridine rings is 1. The summed E-state index contributed by atoms with van der Waals surface area (Å²) in [6.07, 6.45) is 4.05. The van der Waals surface area contributed by atoms with Crippen LogP contribution in [0.25, 0.3) is 0 Å². The lowest BCUT2D eigenvalue weighted by Crippen LogP contribution is -2.18. The molecule has 0 bridgehead atoms. The van der Waals surface area contributed by atoms with Gasteiger partial charge in [-0.05, 0) is 78.2 Å². The zero-order valence-electron chi connectivity index (χ0n) is 21.0. The Morgan fingerprint density at radius 1 is 1.03 bits per heavy atom. The van der Waals surface area contributed by atoms with Crippen molar-refractivity contribution >= 4 is 11.7 Å². The number of phenolic OH excluding ortho intramolecular Hbond substituents is 1. The highest BCUT2D eigenvalue weighted by atomic mass is 16.4. The third-order valence-electron chi connectivity index (χ3n) is 6.18. The zero-order valence-corrected chi connectivity index (χ0v) is 21.0. The number of carboxylic acid groups (broad SMARTS) is 1. The minimum absolute atomic E-state index is 0.109. The highest BCUT2D eigenvalue weighted by Crippen LogP contribution is 2.40. The smallest absolute Gasteiger partial charge is 0.303 e. The molecule has 0 aliphatic heterocycles. The summed E-state index contributed by atoms with van der Waals surface area (Å²) >= 11 is 0. The fraction of sp³-hybridized carbons (Fsp3) is 0.556. The molecule has 1 aliphatic rings. The monoisotopic (exact) mass is 440 g/mol. The number of fused-ring (bicyclic) bond motifs is 1. The molecule has 1 aliphatic carbocycles. The van der Waals surface area contributed by atoms with E-state index in [9.17, 15) is 9.90 Å². The molecule has 0 fully saturated rings. The molecule has 0 unspecified atom stereocenters. The van der Waals surface area contributed by atoms with Gasteiger partial charge in [-0.2, -0.15) is 0 Å². The molecule has 0 amide bonds. The van der Waals surface area contributed by atoms with E-state index in [1.54, 1.807) is 0 Å². The van der Waals surface area contributed by atoms with Gasteiger partial charge in [0.25, 0.3) is 0 Å². The Kier molecular flexibility index (Phi) is 7.64. The minimum Gasteiger partial charge on any atom is -0.507 e. The normalized spacial score (nSPS) is 13.4. The summed E-state index contributed by atoms with van der Waals surface area (Å²) < 4.78 is 0. The highest BCUT2D eigenvalue weighted by molar-refractivity contribution is 5.67. The molecule has 2 aromatic rings. The molecule has 5 nitrogen and oxygen atoms in total. The van der Waals surface area contributed by atoms with Crippen molar-refractivity contribution in [2.75, 3.05) is 5.73 Å². The summed E-state index contributed by atoms with van der Waals surface area (Å²) in [7, 11) is 0. The summed E-state index contributed by atoms with van der Waals surface area (Å²) in [5.74, 6) is -0.461. The second-order valence-electron chi connectivity index (χ2n) is 10.9. The molecule has 1 aromatic carbocycles. The Labute approximate surface area is 193 Å². The third-order valence-corrected chi connectivity index (χ3v) is 6.18. The van der Waals surface area contributed by atoms with Crippen LogP contribution in [-0.4, -0.2) is 21.2 Å². The number of anilines is 1. The zero-order chi connectivity index (χ0) is 24.4. The van der Waals surface area contributed by atoms with Crippen molar-refractivity contribution in [2.24, 2.45) is 0 Å². The van der Waals surface area contributed by atoms with Crippen molar-refractivity contribution in [1.82, 2.24) is 4.98 Å². The third kappa shape index (κ3) is 6.02. The number of aromatic hydroxyl groups is 1. The molecule has 1 heterocycles. The standard InChI is InChI=1S/C17H26O3.C10H14N2/c1-16(2,3)12-9-11(7-8-14(18)19)10-13(15(12)20)17(4,5)6;1-6-7(2)12-9-5-3-4-8(9)10(6)11/h9-10,20H,7-8H2,1-6H3,(H,18,19);3-5H2,1-2H3,(H2,11,12). The Hall–Kier alpha value is -2.56. The average molecular weight is 441 g/mol. The number of carbonyl (C=O) groups is 1. The maximum absolute atomic E-state index is 10.8. The maximum Gasteiger partial charge on any atom is 0.303 e. The van der Waals surface area contributed by atoms with Crippen molar-refractivity contribution < 1.29 is 15.0 Å². The largest absolute Gasteiger partial charge is 0.507 e. The number of hydrogen-bond acceptors (Lipinski definition) is 4. The molecule has 0 saturated carbocycles. The van der Waals surface area contributed by atoms with Crippen molar-refractivity contribution in [3.05, 3.63) is 51.3 Å². The number of aromatic nitrogens is 1. The first-order chi connectivity index (χ1) is 14.6. The van der Waals surface area contributed by atoms with Crippen LogP contribution in [0.2, 0.25) is 0 Å². The number of nitrogen functional groups attached to an aromatic ring is 1. The van der Waals surface area contributed by atoms with E-state index < -0.39 is 5.97 Å². The molecular weight excluding hydrogens is 400 g/mol. The Morgan fingerprint density at radius 2 is 1.56 bits per heavy atom. The van der Waals surface area contributed by atoms with E-state index >= 15 is 0 Å². The van der Waals surface area contributed by atoms with Crippen LogP contribution in [0.5, 0.6) is 5.75 Å². The van der Waals surface area contributed by atoms with Gasteiger partial charge in [-0.1, -0.05) is 53.7 Å². The second-order valence-corrected chi connectivity index (χ2v) is 10.9. The number of hydrogen-bond donors (Lipinski definition) is 3. The second kappa shape index (κ2) is 9.51. The maximum atomic E-state index is 10.8. The molecule has 3 rings (SSSR count). The van der Waals surface area contributed by atoms with E-state index in [2.05, 4.69) is 53.5 Å². The molecule has 4 N–H and O–H groups in total. The van der Waals surface area contributed by atoms with Gasteiger partial charge < -0.3 is 15.9 Å². The van der Waals surface area contributed by atoms with Gasteiger partial charge in [-0.15, -0.1) is 0 Å². The fourth-order valence-corrected chi connectivity index (χ4v) is 4.08. The van der Waals surface area contributed by atoms with E-state index in [4.69, 9.17) is 10.8 Å². The minimum atomic E-state index is -0.798. The predicted octanol–water partition coefficient (Wildman–Crippen LogP) is 5.77. The van der Waals surface area contributed by atoms with Gasteiger partial charge in [0.2, 0.25) is 0 Å². The van der Waals surface area contributed by atoms with E-state index in [0.717, 1.165) is 46.5 Å². The summed E-state index contributed by atoms with van der Waals surface area (Å²) in [5, 5.41) is 19.4. The summed E-state index contributed by atoms with van der Waals surface area (Å²) in [5.41, 5.74) is 14.1. The summed E-state index contributed by atoms with van der Waals surface area (Å²) in [4.78, 5) is 15.3. The SMILES string of the molecule is CC(C)(C)c1cc(CCC(=O)O)cc(C(C)(C)C)c1O.Cc1nc2c(c(N)c1C)CCC2. The number of phenols is 1. The van der Waals surface area contributed by atoms with Crippen molar-refractivity contribution in [1.29, 1.82) is 0 Å². The fourth-order valence-electron chi connectivity index (χ4n) is 4.08. The lowest BCUT2D eigenvalue weighted by Gasteiger charge is -2.28. The van der Waals surface area contributed by atoms with Crippen molar-refractivity contribution in [3.63, 3.8) is 0 Å². The molecule has 32 heavy (non-hydrogen) atoms. The quantitative estimate of drug-likeness (QED) is 0.563. The molecule has 0 atom stereocenters. The Bertz CT molecular complexity index is 960. The van der Waals surface area contributed by atoms with Crippen molar-refractivity contribution in [2.45, 2.75) is 98.3 Å². The van der Waals surface area contributed by atoms with Crippen LogP contribution in [0.15, 0.2) is 12.1 Å². The van der Waals surface area contributed by atoms with Gasteiger partial charge in [0.15, 0.2) is 0 Å². The van der Waals surface area contributed by atoms with E-state index in [0.29, 0.717) is 12.2 Å². The Balaban J connectivity index is 0.000000255. The number of benzene rings is 1. The molecule has 5 heteroatoms. The lowest BCUT2D eigenvalue weighted by molar-refractivity contribution is -0.136.